The lowest BCUT2D eigenvalue weighted by atomic mass is 9.97. The molecule has 23 heavy (non-hydrogen) atoms. The fraction of sp³-hybridized carbons (Fsp3) is 0.526. The maximum Gasteiger partial charge on any atom is 0.254 e. The quantitative estimate of drug-likeness (QED) is 0.320. The van der Waals surface area contributed by atoms with Crippen LogP contribution in [-0.2, 0) is 4.79 Å². The van der Waals surface area contributed by atoms with E-state index >= 15 is 0 Å². The van der Waals surface area contributed by atoms with Crippen LogP contribution in [-0.4, -0.2) is 24.5 Å². The molecule has 1 aliphatic heterocycles. The van der Waals surface area contributed by atoms with E-state index in [4.69, 9.17) is 0 Å². The second kappa shape index (κ2) is 7.97. The van der Waals surface area contributed by atoms with Crippen LogP contribution < -0.4 is 4.90 Å². The Hall–Kier alpha value is -0.623. The molecule has 1 aliphatic rings. The second-order valence-electron chi connectivity index (χ2n) is 7.33. The molecule has 1 aromatic rings. The number of unbranched alkanes of at least 4 members (excludes halogenated alkanes) is 1. The maximum absolute atomic E-state index is 13.3. The van der Waals surface area contributed by atoms with Crippen molar-refractivity contribution < 1.29 is 4.79 Å². The average molecular weight is 441 g/mol. The van der Waals surface area contributed by atoms with Crippen molar-refractivity contribution in [3.8, 4) is 0 Å². The van der Waals surface area contributed by atoms with E-state index in [9.17, 15) is 4.79 Å². The first-order valence-corrected chi connectivity index (χ1v) is 13.6. The highest BCUT2D eigenvalue weighted by Gasteiger charge is 2.38. The molecule has 1 atom stereocenters. The van der Waals surface area contributed by atoms with Crippen molar-refractivity contribution in [3.63, 3.8) is 0 Å². The molecule has 0 saturated carbocycles. The third-order valence-electron chi connectivity index (χ3n) is 4.54. The van der Waals surface area contributed by atoms with Crippen LogP contribution >= 0.6 is 22.6 Å². The molecule has 2 rings (SSSR count). The van der Waals surface area contributed by atoms with Gasteiger partial charge in [-0.15, -0.1) is 0 Å². The lowest BCUT2D eigenvalue weighted by Crippen LogP contribution is -2.49. The van der Waals surface area contributed by atoms with E-state index in [1.807, 2.05) is 18.2 Å². The van der Waals surface area contributed by atoms with Gasteiger partial charge >= 0.3 is 0 Å². The summed E-state index contributed by atoms with van der Waals surface area (Å²) in [5.41, 5.74) is 2.17. The van der Waals surface area contributed by atoms with E-state index in [2.05, 4.69) is 66.2 Å². The monoisotopic (exact) mass is 441 g/mol. The van der Waals surface area contributed by atoms with E-state index < -0.39 is 8.07 Å². The number of hydrogen-bond donors (Lipinski definition) is 0. The van der Waals surface area contributed by atoms with Crippen LogP contribution in [0.4, 0.5) is 5.69 Å². The molecule has 126 valence electrons. The number of rotatable bonds is 6. The molecular formula is C19H28INOSi. The Labute approximate surface area is 155 Å². The summed E-state index contributed by atoms with van der Waals surface area (Å²) >= 11 is 2.43. The zero-order valence-electron chi connectivity index (χ0n) is 14.7. The maximum atomic E-state index is 13.3. The lowest BCUT2D eigenvalue weighted by Gasteiger charge is -2.40. The standard InChI is InChI=1S/C19H28INOSi/c1-5-6-12-17-18(23(2,3)4)13-16(14-20)21(19(17)22)15-10-8-7-9-11-15/h7-11,16H,5-6,12-14H2,1-4H3. The summed E-state index contributed by atoms with van der Waals surface area (Å²) in [5.74, 6) is 0.259. The largest absolute Gasteiger partial charge is 0.305 e. The minimum atomic E-state index is -1.47. The van der Waals surface area contributed by atoms with Crippen molar-refractivity contribution in [1.82, 2.24) is 0 Å². The summed E-state index contributed by atoms with van der Waals surface area (Å²) in [6.07, 6.45) is 4.23. The Bertz CT molecular complexity index is 577. The van der Waals surface area contributed by atoms with Crippen molar-refractivity contribution in [2.75, 3.05) is 9.33 Å². The van der Waals surface area contributed by atoms with Gasteiger partial charge in [0.05, 0.1) is 8.07 Å². The van der Waals surface area contributed by atoms with E-state index in [1.165, 1.54) is 5.20 Å². The van der Waals surface area contributed by atoms with Crippen molar-refractivity contribution in [2.24, 2.45) is 0 Å². The third kappa shape index (κ3) is 4.27. The number of para-hydroxylation sites is 1. The SMILES string of the molecule is CCCCC1=C([Si](C)(C)C)CC(CI)N(c2ccccc2)C1=O. The highest BCUT2D eigenvalue weighted by Crippen LogP contribution is 2.36. The number of hydrogen-bond acceptors (Lipinski definition) is 1. The Morgan fingerprint density at radius 2 is 1.87 bits per heavy atom. The Balaban J connectivity index is 2.48. The highest BCUT2D eigenvalue weighted by atomic mass is 127. The van der Waals surface area contributed by atoms with E-state index in [0.29, 0.717) is 0 Å². The second-order valence-corrected chi connectivity index (χ2v) is 13.3. The number of anilines is 1. The van der Waals surface area contributed by atoms with Crippen LogP contribution in [0.1, 0.15) is 32.6 Å². The smallest absolute Gasteiger partial charge is 0.254 e. The van der Waals surface area contributed by atoms with Gasteiger partial charge in [-0.2, -0.15) is 0 Å². The summed E-state index contributed by atoms with van der Waals surface area (Å²) in [7, 11) is -1.47. The van der Waals surface area contributed by atoms with E-state index in [1.54, 1.807) is 0 Å². The lowest BCUT2D eigenvalue weighted by molar-refractivity contribution is -0.116. The third-order valence-corrected chi connectivity index (χ3v) is 7.88. The highest BCUT2D eigenvalue weighted by molar-refractivity contribution is 14.1. The molecule has 4 heteroatoms. The average Bonchev–Trinajstić information content (AvgIpc) is 2.52. The minimum absolute atomic E-state index is 0.259. The van der Waals surface area contributed by atoms with Crippen LogP contribution in [0.25, 0.3) is 0 Å². The van der Waals surface area contributed by atoms with Gasteiger partial charge in [0.25, 0.3) is 5.91 Å². The van der Waals surface area contributed by atoms with Gasteiger partial charge in [-0.05, 0) is 31.4 Å². The van der Waals surface area contributed by atoms with Crippen LogP contribution in [0.2, 0.25) is 19.6 Å². The van der Waals surface area contributed by atoms with Gasteiger partial charge in [0.15, 0.2) is 0 Å². The topological polar surface area (TPSA) is 20.3 Å². The molecule has 0 spiro atoms. The molecule has 1 amide bonds. The Kier molecular flexibility index (Phi) is 6.48. The predicted molar refractivity (Wildman–Crippen MR) is 111 cm³/mol. The molecule has 1 unspecified atom stereocenters. The molecular weight excluding hydrogens is 413 g/mol. The summed E-state index contributed by atoms with van der Waals surface area (Å²) in [6.45, 7) is 9.34. The van der Waals surface area contributed by atoms with Crippen LogP contribution in [0.3, 0.4) is 0 Å². The van der Waals surface area contributed by atoms with Gasteiger partial charge in [-0.3, -0.25) is 4.79 Å². The van der Waals surface area contributed by atoms with Gasteiger partial charge in [0.2, 0.25) is 0 Å². The van der Waals surface area contributed by atoms with Crippen molar-refractivity contribution in [1.29, 1.82) is 0 Å². The molecule has 0 radical (unpaired) electrons. The van der Waals surface area contributed by atoms with Gasteiger partial charge in [-0.1, -0.05) is 79.0 Å². The van der Waals surface area contributed by atoms with Crippen LogP contribution in [0, 0.1) is 0 Å². The molecule has 2 nitrogen and oxygen atoms in total. The number of alkyl halides is 1. The number of halogens is 1. The minimum Gasteiger partial charge on any atom is -0.305 e. The first kappa shape index (κ1) is 18.7. The summed E-state index contributed by atoms with van der Waals surface area (Å²) < 4.78 is 0.980. The van der Waals surface area contributed by atoms with Gasteiger partial charge in [-0.25, -0.2) is 0 Å². The number of carbonyl (C=O) groups excluding carboxylic acids is 1. The van der Waals surface area contributed by atoms with Crippen molar-refractivity contribution in [3.05, 3.63) is 41.1 Å². The predicted octanol–water partition coefficient (Wildman–Crippen LogP) is 5.59. The van der Waals surface area contributed by atoms with E-state index in [0.717, 1.165) is 41.4 Å². The molecule has 0 N–H and O–H groups in total. The molecule has 0 aromatic heterocycles. The molecule has 0 fully saturated rings. The van der Waals surface area contributed by atoms with Gasteiger partial charge in [0, 0.05) is 21.7 Å². The van der Waals surface area contributed by atoms with Crippen LogP contribution in [0.15, 0.2) is 41.1 Å². The zero-order chi connectivity index (χ0) is 17.0. The fourth-order valence-electron chi connectivity index (χ4n) is 3.30. The molecule has 0 aliphatic carbocycles. The summed E-state index contributed by atoms with van der Waals surface area (Å²) in [6, 6.07) is 10.5. The number of carbonyl (C=O) groups is 1. The van der Waals surface area contributed by atoms with E-state index in [-0.39, 0.29) is 11.9 Å². The van der Waals surface area contributed by atoms with Crippen molar-refractivity contribution >= 4 is 42.3 Å². The first-order valence-electron chi connectivity index (χ1n) is 8.57. The normalized spacial score (nSPS) is 19.4. The number of nitrogens with zero attached hydrogens (tertiary/aromatic N) is 1. The van der Waals surface area contributed by atoms with Crippen LogP contribution in [0.5, 0.6) is 0 Å². The molecule has 1 aromatic carbocycles. The number of amides is 1. The number of benzene rings is 1. The zero-order valence-corrected chi connectivity index (χ0v) is 17.9. The van der Waals surface area contributed by atoms with Crippen molar-refractivity contribution in [2.45, 2.75) is 58.3 Å². The molecule has 1 heterocycles. The molecule has 0 bridgehead atoms. The fourth-order valence-corrected chi connectivity index (χ4v) is 5.99. The van der Waals surface area contributed by atoms with Gasteiger partial charge < -0.3 is 4.90 Å². The van der Waals surface area contributed by atoms with Gasteiger partial charge in [0.1, 0.15) is 0 Å². The summed E-state index contributed by atoms with van der Waals surface area (Å²) in [5, 5.41) is 1.50. The summed E-state index contributed by atoms with van der Waals surface area (Å²) in [4.78, 5) is 15.4. The molecule has 0 saturated heterocycles. The first-order chi connectivity index (χ1) is 10.9. The Morgan fingerprint density at radius 1 is 1.22 bits per heavy atom. The Morgan fingerprint density at radius 3 is 2.39 bits per heavy atom.